The van der Waals surface area contributed by atoms with E-state index >= 15 is 0 Å². The van der Waals surface area contributed by atoms with Crippen LogP contribution in [0.1, 0.15) is 42.8 Å². The summed E-state index contributed by atoms with van der Waals surface area (Å²) in [6, 6.07) is 7.05. The molecule has 1 aromatic heterocycles. The SMILES string of the molecule is Nc1sc2c(c1C(=O)O)CCOC2C(=O)N1Cc2ccccc2C1=O. The van der Waals surface area contributed by atoms with E-state index in [9.17, 15) is 19.5 Å². The molecular formula is C17H14N2O5S. The average Bonchev–Trinajstić information content (AvgIpc) is 3.11. The Balaban J connectivity index is 1.69. The van der Waals surface area contributed by atoms with Crippen molar-refractivity contribution in [1.82, 2.24) is 4.90 Å². The lowest BCUT2D eigenvalue weighted by Crippen LogP contribution is -2.37. The van der Waals surface area contributed by atoms with Gasteiger partial charge in [0, 0.05) is 10.4 Å². The van der Waals surface area contributed by atoms with Crippen LogP contribution in [0.5, 0.6) is 0 Å². The molecule has 1 atom stereocenters. The molecule has 3 N–H and O–H groups in total. The number of ether oxygens (including phenoxy) is 1. The van der Waals surface area contributed by atoms with Gasteiger partial charge in [-0.15, -0.1) is 11.3 Å². The van der Waals surface area contributed by atoms with Crippen LogP contribution in [0.2, 0.25) is 0 Å². The molecule has 7 nitrogen and oxygen atoms in total. The lowest BCUT2D eigenvalue weighted by molar-refractivity contribution is -0.142. The van der Waals surface area contributed by atoms with Crippen LogP contribution in [0.4, 0.5) is 5.00 Å². The number of amides is 2. The summed E-state index contributed by atoms with van der Waals surface area (Å²) in [5.41, 5.74) is 7.68. The molecule has 8 heteroatoms. The molecule has 0 spiro atoms. The lowest BCUT2D eigenvalue weighted by Gasteiger charge is -2.25. The van der Waals surface area contributed by atoms with Gasteiger partial charge in [-0.25, -0.2) is 4.79 Å². The Kier molecular flexibility index (Phi) is 3.59. The van der Waals surface area contributed by atoms with Crippen LogP contribution in [0.15, 0.2) is 24.3 Å². The summed E-state index contributed by atoms with van der Waals surface area (Å²) in [4.78, 5) is 38.5. The number of hydrogen-bond acceptors (Lipinski definition) is 6. The molecule has 0 saturated heterocycles. The number of thiophene rings is 1. The number of fused-ring (bicyclic) bond motifs is 2. The Labute approximate surface area is 146 Å². The number of nitrogen functional groups attached to an aromatic ring is 1. The predicted molar refractivity (Wildman–Crippen MR) is 89.4 cm³/mol. The van der Waals surface area contributed by atoms with Crippen LogP contribution in [-0.4, -0.2) is 34.4 Å². The summed E-state index contributed by atoms with van der Waals surface area (Å²) < 4.78 is 5.59. The number of carboxylic acids is 1. The van der Waals surface area contributed by atoms with Gasteiger partial charge in [-0.1, -0.05) is 18.2 Å². The van der Waals surface area contributed by atoms with E-state index < -0.39 is 18.0 Å². The molecule has 2 aliphatic heterocycles. The number of benzene rings is 1. The van der Waals surface area contributed by atoms with Crippen molar-refractivity contribution in [2.24, 2.45) is 0 Å². The minimum atomic E-state index is -1.12. The van der Waals surface area contributed by atoms with Crippen LogP contribution in [-0.2, 0) is 22.5 Å². The van der Waals surface area contributed by atoms with E-state index in [0.717, 1.165) is 21.8 Å². The van der Waals surface area contributed by atoms with E-state index in [2.05, 4.69) is 0 Å². The maximum Gasteiger partial charge on any atom is 0.338 e. The quantitative estimate of drug-likeness (QED) is 0.793. The van der Waals surface area contributed by atoms with Gasteiger partial charge >= 0.3 is 5.97 Å². The Morgan fingerprint density at radius 2 is 2.08 bits per heavy atom. The Hall–Kier alpha value is -2.71. The van der Waals surface area contributed by atoms with E-state index in [4.69, 9.17) is 10.5 Å². The second kappa shape index (κ2) is 5.68. The number of aromatic carboxylic acids is 1. The highest BCUT2D eigenvalue weighted by molar-refractivity contribution is 7.16. The smallest absolute Gasteiger partial charge is 0.338 e. The molecule has 1 aromatic carbocycles. The number of carboxylic acid groups (broad SMARTS) is 1. The van der Waals surface area contributed by atoms with Gasteiger partial charge in [0.2, 0.25) is 0 Å². The first-order valence-corrected chi connectivity index (χ1v) is 8.50. The standard InChI is InChI=1S/C17H14N2O5S/c18-14-11(17(22)23)10-5-6-24-12(13(10)25-14)16(21)19-7-8-3-1-2-4-9(8)15(19)20/h1-4,12H,5-7,18H2,(H,22,23). The molecule has 25 heavy (non-hydrogen) atoms. The van der Waals surface area contributed by atoms with E-state index in [0.29, 0.717) is 22.4 Å². The number of anilines is 1. The van der Waals surface area contributed by atoms with Crippen LogP contribution in [0, 0.1) is 0 Å². The normalized spacial score (nSPS) is 18.8. The summed E-state index contributed by atoms with van der Waals surface area (Å²) in [5.74, 6) is -1.97. The Morgan fingerprint density at radius 3 is 2.80 bits per heavy atom. The molecule has 1 unspecified atom stereocenters. The van der Waals surface area contributed by atoms with Gasteiger partial charge in [-0.2, -0.15) is 0 Å². The van der Waals surface area contributed by atoms with E-state index in [1.807, 2.05) is 6.07 Å². The first kappa shape index (κ1) is 15.8. The van der Waals surface area contributed by atoms with E-state index in [1.165, 1.54) is 0 Å². The molecule has 0 radical (unpaired) electrons. The highest BCUT2D eigenvalue weighted by Crippen LogP contribution is 2.41. The zero-order valence-electron chi connectivity index (χ0n) is 13.0. The summed E-state index contributed by atoms with van der Waals surface area (Å²) in [6.07, 6.45) is -0.620. The molecule has 0 fully saturated rings. The molecule has 128 valence electrons. The summed E-state index contributed by atoms with van der Waals surface area (Å²) in [6.45, 7) is 0.393. The zero-order chi connectivity index (χ0) is 17.7. The fourth-order valence-electron chi connectivity index (χ4n) is 3.31. The lowest BCUT2D eigenvalue weighted by atomic mass is 10.0. The third kappa shape index (κ3) is 2.33. The highest BCUT2D eigenvalue weighted by atomic mass is 32.1. The summed E-state index contributed by atoms with van der Waals surface area (Å²) >= 11 is 1.04. The fraction of sp³-hybridized carbons (Fsp3) is 0.235. The van der Waals surface area contributed by atoms with Gasteiger partial charge in [0.25, 0.3) is 11.8 Å². The number of rotatable bonds is 2. The number of nitrogens with zero attached hydrogens (tertiary/aromatic N) is 1. The van der Waals surface area contributed by atoms with Gasteiger partial charge in [-0.3, -0.25) is 14.5 Å². The van der Waals surface area contributed by atoms with Gasteiger partial charge in [-0.05, 0) is 23.6 Å². The van der Waals surface area contributed by atoms with E-state index in [-0.39, 0.29) is 29.6 Å². The fourth-order valence-corrected chi connectivity index (χ4v) is 4.46. The van der Waals surface area contributed by atoms with Crippen molar-refractivity contribution in [2.75, 3.05) is 12.3 Å². The van der Waals surface area contributed by atoms with Gasteiger partial charge in [0.15, 0.2) is 6.10 Å². The van der Waals surface area contributed by atoms with Crippen molar-refractivity contribution in [3.8, 4) is 0 Å². The zero-order valence-corrected chi connectivity index (χ0v) is 13.8. The number of carbonyl (C=O) groups is 3. The summed E-state index contributed by atoms with van der Waals surface area (Å²) in [7, 11) is 0. The van der Waals surface area contributed by atoms with Gasteiger partial charge < -0.3 is 15.6 Å². The molecule has 2 aliphatic rings. The third-order valence-corrected chi connectivity index (χ3v) is 5.57. The van der Waals surface area contributed by atoms with Crippen molar-refractivity contribution in [2.45, 2.75) is 19.1 Å². The first-order chi connectivity index (χ1) is 12.0. The maximum atomic E-state index is 12.9. The number of hydrogen-bond donors (Lipinski definition) is 2. The minimum Gasteiger partial charge on any atom is -0.478 e. The number of carbonyl (C=O) groups excluding carboxylic acids is 2. The van der Waals surface area contributed by atoms with Crippen molar-refractivity contribution in [3.63, 3.8) is 0 Å². The maximum absolute atomic E-state index is 12.9. The van der Waals surface area contributed by atoms with Crippen LogP contribution in [0.25, 0.3) is 0 Å². The Morgan fingerprint density at radius 1 is 1.32 bits per heavy atom. The molecule has 0 aliphatic carbocycles. The van der Waals surface area contributed by atoms with Crippen molar-refractivity contribution in [1.29, 1.82) is 0 Å². The largest absolute Gasteiger partial charge is 0.478 e. The molecular weight excluding hydrogens is 344 g/mol. The number of imide groups is 1. The van der Waals surface area contributed by atoms with Gasteiger partial charge in [0.1, 0.15) is 5.00 Å². The van der Waals surface area contributed by atoms with Crippen molar-refractivity contribution >= 4 is 34.1 Å². The minimum absolute atomic E-state index is 0.0390. The third-order valence-electron chi connectivity index (χ3n) is 4.47. The molecule has 4 rings (SSSR count). The Bertz CT molecular complexity index is 920. The molecule has 3 heterocycles. The monoisotopic (exact) mass is 358 g/mol. The van der Waals surface area contributed by atoms with Gasteiger partial charge in [0.05, 0.1) is 18.7 Å². The second-order valence-corrected chi connectivity index (χ2v) is 6.96. The van der Waals surface area contributed by atoms with Crippen molar-refractivity contribution in [3.05, 3.63) is 51.4 Å². The first-order valence-electron chi connectivity index (χ1n) is 7.68. The molecule has 2 amide bonds. The van der Waals surface area contributed by atoms with Crippen LogP contribution >= 0.6 is 11.3 Å². The van der Waals surface area contributed by atoms with Crippen LogP contribution in [0.3, 0.4) is 0 Å². The molecule has 0 bridgehead atoms. The van der Waals surface area contributed by atoms with Crippen molar-refractivity contribution < 1.29 is 24.2 Å². The summed E-state index contributed by atoms with van der Waals surface area (Å²) in [5, 5.41) is 9.49. The predicted octanol–water partition coefficient (Wildman–Crippen LogP) is 1.82. The number of nitrogens with two attached hydrogens (primary N) is 1. The highest BCUT2D eigenvalue weighted by Gasteiger charge is 2.40. The second-order valence-electron chi connectivity index (χ2n) is 5.88. The van der Waals surface area contributed by atoms with E-state index in [1.54, 1.807) is 18.2 Å². The molecule has 0 saturated carbocycles. The topological polar surface area (TPSA) is 110 Å². The average molecular weight is 358 g/mol. The van der Waals surface area contributed by atoms with Crippen LogP contribution < -0.4 is 5.73 Å². The molecule has 2 aromatic rings.